The summed E-state index contributed by atoms with van der Waals surface area (Å²) in [6, 6.07) is 4.71. The lowest BCUT2D eigenvalue weighted by molar-refractivity contribution is 0.170. The third-order valence-corrected chi connectivity index (χ3v) is 2.69. The summed E-state index contributed by atoms with van der Waals surface area (Å²) in [6.07, 6.45) is -0.534. The number of carbonyl (C=O) groups is 1. The van der Waals surface area contributed by atoms with Crippen molar-refractivity contribution in [1.29, 1.82) is 0 Å². The van der Waals surface area contributed by atoms with Crippen LogP contribution in [0.5, 0.6) is 0 Å². The standard InChI is InChI=1S/C11H13ClN2O3/c1-7(14-16)8-3-4-10(12)9(5-8)6-13-11(15)17-2/h3-5,7H,6H2,1-2H3,(H,13,15). The zero-order valence-corrected chi connectivity index (χ0v) is 10.3. The second kappa shape index (κ2) is 6.20. The first-order valence-electron chi connectivity index (χ1n) is 5.01. The summed E-state index contributed by atoms with van der Waals surface area (Å²) >= 11 is 5.97. The van der Waals surface area contributed by atoms with Gasteiger partial charge < -0.3 is 10.1 Å². The van der Waals surface area contributed by atoms with Gasteiger partial charge in [0.05, 0.1) is 7.11 Å². The van der Waals surface area contributed by atoms with E-state index in [-0.39, 0.29) is 6.54 Å². The Morgan fingerprint density at radius 2 is 2.29 bits per heavy atom. The van der Waals surface area contributed by atoms with Gasteiger partial charge in [-0.25, -0.2) is 4.79 Å². The molecular formula is C11H13ClN2O3. The molecular weight excluding hydrogens is 244 g/mol. The molecule has 0 bridgehead atoms. The van der Waals surface area contributed by atoms with Crippen LogP contribution in [0.15, 0.2) is 23.4 Å². The number of carbonyl (C=O) groups excluding carboxylic acids is 1. The van der Waals surface area contributed by atoms with Crippen molar-refractivity contribution in [1.82, 2.24) is 5.32 Å². The van der Waals surface area contributed by atoms with Crippen LogP contribution in [0, 0.1) is 4.91 Å². The lowest BCUT2D eigenvalue weighted by Crippen LogP contribution is -2.22. The lowest BCUT2D eigenvalue weighted by atomic mass is 10.1. The minimum atomic E-state index is -0.534. The first-order chi connectivity index (χ1) is 8.08. The summed E-state index contributed by atoms with van der Waals surface area (Å²) in [5.74, 6) is 0. The number of hydrogen-bond acceptors (Lipinski definition) is 4. The van der Waals surface area contributed by atoms with Gasteiger partial charge in [0.25, 0.3) is 0 Å². The van der Waals surface area contributed by atoms with E-state index >= 15 is 0 Å². The summed E-state index contributed by atoms with van der Waals surface area (Å²) in [4.78, 5) is 21.4. The van der Waals surface area contributed by atoms with E-state index in [1.54, 1.807) is 25.1 Å². The number of alkyl carbamates (subject to hydrolysis) is 1. The van der Waals surface area contributed by atoms with E-state index in [0.717, 1.165) is 5.56 Å². The highest BCUT2D eigenvalue weighted by atomic mass is 35.5. The van der Waals surface area contributed by atoms with Crippen LogP contribution in [0.4, 0.5) is 4.79 Å². The van der Waals surface area contributed by atoms with Crippen molar-refractivity contribution in [2.24, 2.45) is 5.18 Å². The van der Waals surface area contributed by atoms with Crippen molar-refractivity contribution in [3.05, 3.63) is 39.3 Å². The fourth-order valence-corrected chi connectivity index (χ4v) is 1.47. The monoisotopic (exact) mass is 256 g/mol. The molecule has 1 aromatic carbocycles. The molecule has 6 heteroatoms. The molecule has 5 nitrogen and oxygen atoms in total. The number of ether oxygens (including phenoxy) is 1. The molecule has 0 saturated heterocycles. The Bertz CT molecular complexity index is 423. The van der Waals surface area contributed by atoms with Gasteiger partial charge in [0.15, 0.2) is 0 Å². The largest absolute Gasteiger partial charge is 0.453 e. The quantitative estimate of drug-likeness (QED) is 0.842. The van der Waals surface area contributed by atoms with Crippen LogP contribution in [0.2, 0.25) is 5.02 Å². The van der Waals surface area contributed by atoms with Gasteiger partial charge in [-0.15, -0.1) is 0 Å². The highest BCUT2D eigenvalue weighted by Gasteiger charge is 2.09. The van der Waals surface area contributed by atoms with Crippen LogP contribution in [0.25, 0.3) is 0 Å². The van der Waals surface area contributed by atoms with E-state index in [9.17, 15) is 9.70 Å². The number of rotatable bonds is 4. The maximum atomic E-state index is 10.9. The van der Waals surface area contributed by atoms with E-state index in [4.69, 9.17) is 11.6 Å². The maximum Gasteiger partial charge on any atom is 0.407 e. The Balaban J connectivity index is 2.83. The second-order valence-electron chi connectivity index (χ2n) is 3.48. The van der Waals surface area contributed by atoms with Crippen molar-refractivity contribution in [3.63, 3.8) is 0 Å². The van der Waals surface area contributed by atoms with E-state index in [1.165, 1.54) is 7.11 Å². The Kier molecular flexibility index (Phi) is 4.90. The van der Waals surface area contributed by atoms with Crippen LogP contribution < -0.4 is 5.32 Å². The van der Waals surface area contributed by atoms with Gasteiger partial charge in [0, 0.05) is 11.6 Å². The number of benzene rings is 1. The molecule has 1 aromatic rings. The van der Waals surface area contributed by atoms with Gasteiger partial charge in [0.2, 0.25) is 0 Å². The number of methoxy groups -OCH3 is 1. The molecule has 1 unspecified atom stereocenters. The number of nitrogens with zero attached hydrogens (tertiary/aromatic N) is 1. The average Bonchev–Trinajstić information content (AvgIpc) is 2.36. The van der Waals surface area contributed by atoms with Gasteiger partial charge >= 0.3 is 6.09 Å². The fourth-order valence-electron chi connectivity index (χ4n) is 1.29. The summed E-state index contributed by atoms with van der Waals surface area (Å²) in [5.41, 5.74) is 1.47. The predicted molar refractivity (Wildman–Crippen MR) is 64.9 cm³/mol. The summed E-state index contributed by atoms with van der Waals surface area (Å²) in [6.45, 7) is 1.93. The molecule has 0 aliphatic rings. The van der Waals surface area contributed by atoms with Crippen LogP contribution in [-0.4, -0.2) is 13.2 Å². The first-order valence-corrected chi connectivity index (χ1v) is 5.39. The fraction of sp³-hybridized carbons (Fsp3) is 0.364. The van der Waals surface area contributed by atoms with Crippen LogP contribution in [0.1, 0.15) is 24.1 Å². The predicted octanol–water partition coefficient (Wildman–Crippen LogP) is 3.02. The Morgan fingerprint density at radius 1 is 1.59 bits per heavy atom. The molecule has 1 rings (SSSR count). The average molecular weight is 257 g/mol. The molecule has 1 amide bonds. The second-order valence-corrected chi connectivity index (χ2v) is 3.88. The molecule has 0 saturated carbocycles. The lowest BCUT2D eigenvalue weighted by Gasteiger charge is -2.09. The normalized spacial score (nSPS) is 11.7. The number of hydrogen-bond donors (Lipinski definition) is 1. The third kappa shape index (κ3) is 3.71. The topological polar surface area (TPSA) is 67.8 Å². The third-order valence-electron chi connectivity index (χ3n) is 2.32. The highest BCUT2D eigenvalue weighted by Crippen LogP contribution is 2.23. The van der Waals surface area contributed by atoms with Crippen LogP contribution in [-0.2, 0) is 11.3 Å². The molecule has 1 atom stereocenters. The van der Waals surface area contributed by atoms with Gasteiger partial charge in [0.1, 0.15) is 6.04 Å². The van der Waals surface area contributed by atoms with Gasteiger partial charge in [-0.1, -0.05) is 28.9 Å². The maximum absolute atomic E-state index is 10.9. The first kappa shape index (κ1) is 13.4. The molecule has 1 N–H and O–H groups in total. The van der Waals surface area contributed by atoms with E-state index in [2.05, 4.69) is 15.2 Å². The smallest absolute Gasteiger partial charge is 0.407 e. The number of halogens is 1. The molecule has 0 aromatic heterocycles. The Morgan fingerprint density at radius 3 is 2.88 bits per heavy atom. The minimum Gasteiger partial charge on any atom is -0.453 e. The number of nitrogens with one attached hydrogen (secondary N) is 1. The molecule has 0 heterocycles. The van der Waals surface area contributed by atoms with Crippen LogP contribution >= 0.6 is 11.6 Å². The number of amides is 1. The van der Waals surface area contributed by atoms with Crippen molar-refractivity contribution in [3.8, 4) is 0 Å². The van der Waals surface area contributed by atoms with Crippen molar-refractivity contribution >= 4 is 17.7 Å². The molecule has 0 aliphatic carbocycles. The summed E-state index contributed by atoms with van der Waals surface area (Å²) in [7, 11) is 1.28. The zero-order valence-electron chi connectivity index (χ0n) is 9.57. The van der Waals surface area contributed by atoms with Gasteiger partial charge in [-0.3, -0.25) is 0 Å². The number of nitroso groups, excluding NO2 is 1. The molecule has 0 aliphatic heterocycles. The molecule has 0 fully saturated rings. The Labute approximate surface area is 104 Å². The van der Waals surface area contributed by atoms with Crippen molar-refractivity contribution in [2.75, 3.05) is 7.11 Å². The summed E-state index contributed by atoms with van der Waals surface area (Å²) < 4.78 is 4.45. The Hall–Kier alpha value is -1.62. The van der Waals surface area contributed by atoms with E-state index < -0.39 is 12.1 Å². The molecule has 17 heavy (non-hydrogen) atoms. The van der Waals surface area contributed by atoms with Crippen molar-refractivity contribution in [2.45, 2.75) is 19.5 Å². The SMILES string of the molecule is COC(=O)NCc1cc(C(C)N=O)ccc1Cl. The molecule has 92 valence electrons. The van der Waals surface area contributed by atoms with Crippen LogP contribution in [0.3, 0.4) is 0 Å². The molecule has 0 radical (unpaired) electrons. The minimum absolute atomic E-state index is 0.241. The van der Waals surface area contributed by atoms with E-state index in [0.29, 0.717) is 10.6 Å². The highest BCUT2D eigenvalue weighted by molar-refractivity contribution is 6.31. The molecule has 0 spiro atoms. The zero-order chi connectivity index (χ0) is 12.8. The van der Waals surface area contributed by atoms with Gasteiger partial charge in [-0.2, -0.15) is 4.91 Å². The summed E-state index contributed by atoms with van der Waals surface area (Å²) in [5, 5.41) is 5.97. The van der Waals surface area contributed by atoms with E-state index in [1.807, 2.05) is 0 Å². The van der Waals surface area contributed by atoms with Crippen molar-refractivity contribution < 1.29 is 9.53 Å². The van der Waals surface area contributed by atoms with Gasteiger partial charge in [-0.05, 0) is 24.1 Å².